The van der Waals surface area contributed by atoms with Crippen LogP contribution in [0, 0.1) is 0 Å². The average Bonchev–Trinajstić information content (AvgIpc) is 3.54. The first-order valence-electron chi connectivity index (χ1n) is 14.6. The van der Waals surface area contributed by atoms with E-state index in [1.54, 1.807) is 0 Å². The summed E-state index contributed by atoms with van der Waals surface area (Å²) in [5.41, 5.74) is 7.82. The molecule has 2 nitrogen and oxygen atoms in total. The standard InChI is InChI=1S/C40H26NOP/c42-43(32-18-5-2-6-19-32)37-23-22-34-33-20-9-10-21-36(33)41(31-17-11-16-28(24-31)27-12-3-1-4-13-27)40(34)39(37)35-25-29-14-7-8-15-30(29)26-38(35)43/h1-26H. The van der Waals surface area contributed by atoms with Gasteiger partial charge in [0.25, 0.3) is 0 Å². The molecule has 1 aliphatic heterocycles. The Bertz CT molecular complexity index is 2420. The zero-order valence-corrected chi connectivity index (χ0v) is 24.2. The number of nitrogens with zero attached hydrogens (tertiary/aromatic N) is 1. The van der Waals surface area contributed by atoms with Crippen LogP contribution in [0.15, 0.2) is 158 Å². The number of fused-ring (bicyclic) bond motifs is 8. The predicted molar refractivity (Wildman–Crippen MR) is 182 cm³/mol. The largest absolute Gasteiger partial charge is 0.309 e. The van der Waals surface area contributed by atoms with Crippen LogP contribution in [0.4, 0.5) is 0 Å². The zero-order chi connectivity index (χ0) is 28.5. The van der Waals surface area contributed by atoms with Crippen molar-refractivity contribution in [1.82, 2.24) is 4.57 Å². The highest BCUT2D eigenvalue weighted by Crippen LogP contribution is 2.55. The number of rotatable bonds is 3. The molecule has 202 valence electrons. The van der Waals surface area contributed by atoms with Crippen LogP contribution in [0.5, 0.6) is 0 Å². The van der Waals surface area contributed by atoms with Crippen LogP contribution in [-0.2, 0) is 4.57 Å². The molecule has 9 rings (SSSR count). The topological polar surface area (TPSA) is 22.0 Å². The van der Waals surface area contributed by atoms with E-state index in [2.05, 4.69) is 132 Å². The van der Waals surface area contributed by atoms with Crippen molar-refractivity contribution in [2.75, 3.05) is 0 Å². The minimum atomic E-state index is -3.14. The van der Waals surface area contributed by atoms with Crippen molar-refractivity contribution in [2.24, 2.45) is 0 Å². The molecular weight excluding hydrogens is 541 g/mol. The Morgan fingerprint density at radius 3 is 1.98 bits per heavy atom. The van der Waals surface area contributed by atoms with Crippen molar-refractivity contribution in [2.45, 2.75) is 0 Å². The quantitative estimate of drug-likeness (QED) is 0.195. The fraction of sp³-hybridized carbons (Fsp3) is 0. The molecule has 8 aromatic rings. The maximum atomic E-state index is 15.6. The molecule has 0 saturated heterocycles. The Hall–Kier alpha value is -5.17. The second-order valence-corrected chi connectivity index (χ2v) is 14.0. The Morgan fingerprint density at radius 2 is 1.16 bits per heavy atom. The number of aromatic nitrogens is 1. The van der Waals surface area contributed by atoms with E-state index in [0.29, 0.717) is 0 Å². The van der Waals surface area contributed by atoms with Crippen LogP contribution in [-0.4, -0.2) is 4.57 Å². The van der Waals surface area contributed by atoms with Gasteiger partial charge in [0.2, 0.25) is 0 Å². The summed E-state index contributed by atoms with van der Waals surface area (Å²) < 4.78 is 18.0. The molecule has 0 N–H and O–H groups in total. The van der Waals surface area contributed by atoms with E-state index in [-0.39, 0.29) is 0 Å². The summed E-state index contributed by atoms with van der Waals surface area (Å²) in [6, 6.07) is 55.1. The van der Waals surface area contributed by atoms with Gasteiger partial charge in [-0.3, -0.25) is 0 Å². The van der Waals surface area contributed by atoms with Crippen LogP contribution >= 0.6 is 7.14 Å². The lowest BCUT2D eigenvalue weighted by Crippen LogP contribution is -2.20. The fourth-order valence-corrected chi connectivity index (χ4v) is 10.1. The van der Waals surface area contributed by atoms with Gasteiger partial charge in [-0.05, 0) is 63.9 Å². The second kappa shape index (κ2) is 9.16. The summed E-state index contributed by atoms with van der Waals surface area (Å²) in [5.74, 6) is 0. The van der Waals surface area contributed by atoms with E-state index in [9.17, 15) is 0 Å². The summed E-state index contributed by atoms with van der Waals surface area (Å²) >= 11 is 0. The number of para-hydroxylation sites is 1. The van der Waals surface area contributed by atoms with E-state index in [4.69, 9.17) is 0 Å². The molecule has 0 amide bonds. The second-order valence-electron chi connectivity index (χ2n) is 11.3. The van der Waals surface area contributed by atoms with Crippen LogP contribution < -0.4 is 15.9 Å². The summed E-state index contributed by atoms with van der Waals surface area (Å²) in [6.45, 7) is 0. The summed E-state index contributed by atoms with van der Waals surface area (Å²) in [6.07, 6.45) is 0. The van der Waals surface area contributed by atoms with Gasteiger partial charge in [-0.25, -0.2) is 0 Å². The van der Waals surface area contributed by atoms with Crippen LogP contribution in [0.1, 0.15) is 0 Å². The molecule has 0 radical (unpaired) electrons. The lowest BCUT2D eigenvalue weighted by atomic mass is 9.99. The maximum absolute atomic E-state index is 15.6. The first-order valence-corrected chi connectivity index (χ1v) is 16.3. The molecule has 1 aliphatic rings. The van der Waals surface area contributed by atoms with E-state index in [1.165, 1.54) is 16.3 Å². The number of benzene rings is 7. The van der Waals surface area contributed by atoms with Gasteiger partial charge in [0.1, 0.15) is 0 Å². The average molecular weight is 568 g/mol. The summed E-state index contributed by atoms with van der Waals surface area (Å²) in [4.78, 5) is 0. The Balaban J connectivity index is 1.45. The highest BCUT2D eigenvalue weighted by molar-refractivity contribution is 7.86. The lowest BCUT2D eigenvalue weighted by molar-refractivity contribution is 0.593. The van der Waals surface area contributed by atoms with Crippen molar-refractivity contribution < 1.29 is 4.57 Å². The monoisotopic (exact) mass is 567 g/mol. The molecule has 43 heavy (non-hydrogen) atoms. The van der Waals surface area contributed by atoms with E-state index >= 15 is 4.57 Å². The van der Waals surface area contributed by atoms with Gasteiger partial charge in [-0.1, -0.05) is 121 Å². The van der Waals surface area contributed by atoms with E-state index < -0.39 is 7.14 Å². The van der Waals surface area contributed by atoms with Crippen molar-refractivity contribution in [3.63, 3.8) is 0 Å². The van der Waals surface area contributed by atoms with Gasteiger partial charge in [0.15, 0.2) is 7.14 Å². The fourth-order valence-electron chi connectivity index (χ4n) is 7.03. The normalized spacial score (nSPS) is 15.6. The molecule has 0 spiro atoms. The van der Waals surface area contributed by atoms with Crippen molar-refractivity contribution in [3.05, 3.63) is 158 Å². The van der Waals surface area contributed by atoms with Crippen LogP contribution in [0.25, 0.3) is 60.5 Å². The van der Waals surface area contributed by atoms with Gasteiger partial charge in [-0.2, -0.15) is 0 Å². The van der Waals surface area contributed by atoms with Gasteiger partial charge in [0.05, 0.1) is 11.0 Å². The summed E-state index contributed by atoms with van der Waals surface area (Å²) in [7, 11) is -3.14. The van der Waals surface area contributed by atoms with E-state index in [0.717, 1.165) is 60.1 Å². The molecular formula is C40H26NOP. The van der Waals surface area contributed by atoms with Gasteiger partial charge >= 0.3 is 0 Å². The first kappa shape index (κ1) is 24.4. The minimum Gasteiger partial charge on any atom is -0.309 e. The van der Waals surface area contributed by atoms with Gasteiger partial charge < -0.3 is 9.13 Å². The summed E-state index contributed by atoms with van der Waals surface area (Å²) in [5, 5.41) is 7.33. The third kappa shape index (κ3) is 3.45. The van der Waals surface area contributed by atoms with Gasteiger partial charge in [-0.15, -0.1) is 0 Å². The maximum Gasteiger partial charge on any atom is 0.172 e. The Kier molecular flexibility index (Phi) is 5.21. The lowest BCUT2D eigenvalue weighted by Gasteiger charge is -2.16. The third-order valence-electron chi connectivity index (χ3n) is 8.96. The molecule has 0 fully saturated rings. The zero-order valence-electron chi connectivity index (χ0n) is 23.3. The predicted octanol–water partition coefficient (Wildman–Crippen LogP) is 9.22. The molecule has 1 unspecified atom stereocenters. The molecule has 1 atom stereocenters. The van der Waals surface area contributed by atoms with Crippen molar-refractivity contribution in [1.29, 1.82) is 0 Å². The first-order chi connectivity index (χ1) is 21.2. The third-order valence-corrected chi connectivity index (χ3v) is 12.1. The van der Waals surface area contributed by atoms with Crippen molar-refractivity contribution >= 4 is 55.6 Å². The molecule has 1 aromatic heterocycles. The molecule has 0 saturated carbocycles. The Labute approximate surface area is 249 Å². The number of hydrogen-bond acceptors (Lipinski definition) is 1. The smallest absolute Gasteiger partial charge is 0.172 e. The molecule has 0 aliphatic carbocycles. The number of hydrogen-bond donors (Lipinski definition) is 0. The van der Waals surface area contributed by atoms with Crippen molar-refractivity contribution in [3.8, 4) is 27.9 Å². The molecule has 3 heteroatoms. The molecule has 7 aromatic carbocycles. The van der Waals surface area contributed by atoms with Crippen LogP contribution in [0.2, 0.25) is 0 Å². The molecule has 0 bridgehead atoms. The molecule has 2 heterocycles. The SMILES string of the molecule is O=P1(c2ccccc2)c2cc3ccccc3cc2-c2c1ccc1c3ccccc3n(-c3cccc(-c4ccccc4)c3)c21. The minimum absolute atomic E-state index is 0.873. The Morgan fingerprint density at radius 1 is 0.488 bits per heavy atom. The van der Waals surface area contributed by atoms with Gasteiger partial charge in [0, 0.05) is 37.9 Å². The van der Waals surface area contributed by atoms with E-state index in [1.807, 2.05) is 30.3 Å². The van der Waals surface area contributed by atoms with Crippen LogP contribution in [0.3, 0.4) is 0 Å². The highest BCUT2D eigenvalue weighted by atomic mass is 31.2. The highest BCUT2D eigenvalue weighted by Gasteiger charge is 2.42.